The molecule has 1 amide bonds. The minimum Gasteiger partial charge on any atom is -0.350 e. The zero-order chi connectivity index (χ0) is 20.3. The molecule has 1 N–H and O–H groups in total. The molecule has 146 valence electrons. The molecule has 1 heterocycles. The van der Waals surface area contributed by atoms with Crippen LogP contribution < -0.4 is 5.32 Å². The Morgan fingerprint density at radius 2 is 1.93 bits per heavy atom. The van der Waals surface area contributed by atoms with Crippen LogP contribution in [-0.2, 0) is 17.5 Å². The number of aromatic nitrogens is 4. The summed E-state index contributed by atoms with van der Waals surface area (Å²) in [5.74, 6) is -0.975. The molecule has 0 bridgehead atoms. The highest BCUT2D eigenvalue weighted by molar-refractivity contribution is 5.79. The first-order chi connectivity index (χ1) is 13.3. The number of hydrogen-bond donors (Lipinski definition) is 1. The predicted octanol–water partition coefficient (Wildman–Crippen LogP) is 3.38. The van der Waals surface area contributed by atoms with E-state index in [0.29, 0.717) is 5.56 Å². The molecule has 6 nitrogen and oxygen atoms in total. The SMILES string of the molecule is CC(C(=O)NCc1ccccc1F)n1nnc(-c2cccc(C(F)(F)F)c2)n1. The summed E-state index contributed by atoms with van der Waals surface area (Å²) in [5.41, 5.74) is -0.392. The lowest BCUT2D eigenvalue weighted by molar-refractivity contribution is -0.137. The molecule has 0 aliphatic heterocycles. The van der Waals surface area contributed by atoms with Gasteiger partial charge in [-0.1, -0.05) is 30.3 Å². The van der Waals surface area contributed by atoms with E-state index in [0.717, 1.165) is 16.9 Å². The van der Waals surface area contributed by atoms with Gasteiger partial charge in [-0.15, -0.1) is 10.2 Å². The minimum absolute atomic E-state index is 0.0228. The van der Waals surface area contributed by atoms with E-state index in [1.54, 1.807) is 12.1 Å². The molecule has 0 saturated carbocycles. The number of nitrogens with one attached hydrogen (secondary N) is 1. The number of amides is 1. The van der Waals surface area contributed by atoms with Gasteiger partial charge in [0.15, 0.2) is 0 Å². The van der Waals surface area contributed by atoms with E-state index < -0.39 is 29.5 Å². The number of benzene rings is 2. The molecule has 0 spiro atoms. The molecule has 1 aromatic heterocycles. The van der Waals surface area contributed by atoms with Crippen molar-refractivity contribution in [1.29, 1.82) is 0 Å². The molecule has 3 aromatic rings. The standard InChI is InChI=1S/C18H15F4N5O/c1-11(17(28)23-10-13-5-2-3-8-15(13)19)27-25-16(24-26-27)12-6-4-7-14(9-12)18(20,21)22/h2-9,11H,10H2,1H3,(H,23,28). The Morgan fingerprint density at radius 1 is 1.18 bits per heavy atom. The molecular weight excluding hydrogens is 378 g/mol. The van der Waals surface area contributed by atoms with E-state index in [9.17, 15) is 22.4 Å². The molecule has 10 heteroatoms. The fraction of sp³-hybridized carbons (Fsp3) is 0.222. The van der Waals surface area contributed by atoms with Crippen LogP contribution in [-0.4, -0.2) is 26.1 Å². The second-order valence-electron chi connectivity index (χ2n) is 6.00. The highest BCUT2D eigenvalue weighted by Gasteiger charge is 2.31. The van der Waals surface area contributed by atoms with Crippen LogP contribution in [0.3, 0.4) is 0 Å². The van der Waals surface area contributed by atoms with Crippen LogP contribution in [0.5, 0.6) is 0 Å². The quantitative estimate of drug-likeness (QED) is 0.675. The Labute approximate surface area is 157 Å². The Morgan fingerprint density at radius 3 is 2.64 bits per heavy atom. The van der Waals surface area contributed by atoms with Crippen molar-refractivity contribution in [3.8, 4) is 11.4 Å². The molecule has 28 heavy (non-hydrogen) atoms. The van der Waals surface area contributed by atoms with Gasteiger partial charge in [0.25, 0.3) is 0 Å². The summed E-state index contributed by atoms with van der Waals surface area (Å²) in [6.45, 7) is 1.47. The number of carbonyl (C=O) groups is 1. The number of carbonyl (C=O) groups excluding carboxylic acids is 1. The van der Waals surface area contributed by atoms with Gasteiger partial charge in [0.05, 0.1) is 5.56 Å². The Bertz CT molecular complexity index is 986. The summed E-state index contributed by atoms with van der Waals surface area (Å²) in [6.07, 6.45) is -4.49. The van der Waals surface area contributed by atoms with Crippen molar-refractivity contribution < 1.29 is 22.4 Å². The first-order valence-corrected chi connectivity index (χ1v) is 8.24. The van der Waals surface area contributed by atoms with E-state index in [1.165, 1.54) is 31.2 Å². The average molecular weight is 393 g/mol. The van der Waals surface area contributed by atoms with Gasteiger partial charge in [-0.25, -0.2) is 4.39 Å². The van der Waals surface area contributed by atoms with E-state index in [4.69, 9.17) is 0 Å². The first-order valence-electron chi connectivity index (χ1n) is 8.24. The number of rotatable bonds is 5. The van der Waals surface area contributed by atoms with E-state index in [-0.39, 0.29) is 17.9 Å². The van der Waals surface area contributed by atoms with Crippen molar-refractivity contribution in [1.82, 2.24) is 25.5 Å². The predicted molar refractivity (Wildman–Crippen MR) is 91.2 cm³/mol. The van der Waals surface area contributed by atoms with Crippen molar-refractivity contribution >= 4 is 5.91 Å². The Hall–Kier alpha value is -3.30. The zero-order valence-electron chi connectivity index (χ0n) is 14.6. The van der Waals surface area contributed by atoms with Gasteiger partial charge in [-0.2, -0.15) is 18.0 Å². The van der Waals surface area contributed by atoms with Crippen LogP contribution in [0.15, 0.2) is 48.5 Å². The van der Waals surface area contributed by atoms with Crippen LogP contribution in [0.1, 0.15) is 24.1 Å². The van der Waals surface area contributed by atoms with Gasteiger partial charge in [-0.05, 0) is 30.3 Å². The average Bonchev–Trinajstić information content (AvgIpc) is 3.16. The van der Waals surface area contributed by atoms with E-state index in [2.05, 4.69) is 20.7 Å². The Kier molecular flexibility index (Phi) is 5.39. The topological polar surface area (TPSA) is 72.7 Å². The summed E-state index contributed by atoms with van der Waals surface area (Å²) in [7, 11) is 0. The normalized spacial score (nSPS) is 12.6. The van der Waals surface area contributed by atoms with E-state index in [1.807, 2.05) is 0 Å². The summed E-state index contributed by atoms with van der Waals surface area (Å²) >= 11 is 0. The highest BCUT2D eigenvalue weighted by Crippen LogP contribution is 2.31. The number of halogens is 4. The van der Waals surface area contributed by atoms with Crippen LogP contribution in [0.25, 0.3) is 11.4 Å². The fourth-order valence-electron chi connectivity index (χ4n) is 2.42. The number of tetrazole rings is 1. The summed E-state index contributed by atoms with van der Waals surface area (Å²) in [5, 5.41) is 14.0. The van der Waals surface area contributed by atoms with Crippen LogP contribution in [0.4, 0.5) is 17.6 Å². The lowest BCUT2D eigenvalue weighted by atomic mass is 10.1. The maximum Gasteiger partial charge on any atom is 0.416 e. The van der Waals surface area contributed by atoms with Gasteiger partial charge in [0.1, 0.15) is 11.9 Å². The second-order valence-corrected chi connectivity index (χ2v) is 6.00. The van der Waals surface area contributed by atoms with Crippen molar-refractivity contribution in [3.05, 3.63) is 65.5 Å². The van der Waals surface area contributed by atoms with Crippen molar-refractivity contribution in [2.24, 2.45) is 0 Å². The third kappa shape index (κ3) is 4.33. The number of alkyl halides is 3. The van der Waals surface area contributed by atoms with Gasteiger partial charge >= 0.3 is 6.18 Å². The summed E-state index contributed by atoms with van der Waals surface area (Å²) < 4.78 is 52.1. The molecule has 0 aliphatic rings. The van der Waals surface area contributed by atoms with Crippen LogP contribution >= 0.6 is 0 Å². The van der Waals surface area contributed by atoms with Crippen molar-refractivity contribution in [2.75, 3.05) is 0 Å². The number of nitrogens with zero attached hydrogens (tertiary/aromatic N) is 4. The van der Waals surface area contributed by atoms with Crippen LogP contribution in [0.2, 0.25) is 0 Å². The molecule has 2 aromatic carbocycles. The number of hydrogen-bond acceptors (Lipinski definition) is 4. The van der Waals surface area contributed by atoms with Crippen molar-refractivity contribution in [3.63, 3.8) is 0 Å². The summed E-state index contributed by atoms with van der Waals surface area (Å²) in [6, 6.07) is 9.62. The third-order valence-corrected chi connectivity index (χ3v) is 4.01. The van der Waals surface area contributed by atoms with Crippen LogP contribution in [0, 0.1) is 5.82 Å². The minimum atomic E-state index is -4.49. The Balaban J connectivity index is 1.71. The maximum absolute atomic E-state index is 13.6. The van der Waals surface area contributed by atoms with Gasteiger partial charge < -0.3 is 5.32 Å². The fourth-order valence-corrected chi connectivity index (χ4v) is 2.42. The summed E-state index contributed by atoms with van der Waals surface area (Å²) in [4.78, 5) is 13.2. The lowest BCUT2D eigenvalue weighted by Crippen LogP contribution is -2.32. The molecule has 3 rings (SSSR count). The first kappa shape index (κ1) is 19.5. The zero-order valence-corrected chi connectivity index (χ0v) is 14.6. The maximum atomic E-state index is 13.6. The monoisotopic (exact) mass is 393 g/mol. The van der Waals surface area contributed by atoms with Crippen molar-refractivity contribution in [2.45, 2.75) is 25.7 Å². The van der Waals surface area contributed by atoms with E-state index >= 15 is 0 Å². The molecule has 1 unspecified atom stereocenters. The second kappa shape index (κ2) is 7.75. The molecule has 0 saturated heterocycles. The van der Waals surface area contributed by atoms with Gasteiger partial charge in [0, 0.05) is 17.7 Å². The van der Waals surface area contributed by atoms with Gasteiger partial charge in [0.2, 0.25) is 11.7 Å². The molecule has 0 fully saturated rings. The molecular formula is C18H15F4N5O. The largest absolute Gasteiger partial charge is 0.416 e. The smallest absolute Gasteiger partial charge is 0.350 e. The molecule has 0 radical (unpaired) electrons. The molecule has 0 aliphatic carbocycles. The highest BCUT2D eigenvalue weighted by atomic mass is 19.4. The lowest BCUT2D eigenvalue weighted by Gasteiger charge is -2.11. The molecule has 1 atom stereocenters. The third-order valence-electron chi connectivity index (χ3n) is 4.01. The van der Waals surface area contributed by atoms with Gasteiger partial charge in [-0.3, -0.25) is 4.79 Å².